The van der Waals surface area contributed by atoms with Crippen LogP contribution in [0.3, 0.4) is 0 Å². The maximum atomic E-state index is 13.0. The zero-order chi connectivity index (χ0) is 27.2. The van der Waals surface area contributed by atoms with Crippen LogP contribution in [-0.4, -0.2) is 30.5 Å². The number of anilines is 2. The highest BCUT2D eigenvalue weighted by atomic mass is 32.2. The second kappa shape index (κ2) is 11.6. The lowest BCUT2D eigenvalue weighted by Gasteiger charge is -2.17. The van der Waals surface area contributed by atoms with Gasteiger partial charge < -0.3 is 11.1 Å². The lowest BCUT2D eigenvalue weighted by molar-refractivity contribution is -0.117. The first-order chi connectivity index (χ1) is 17.6. The van der Waals surface area contributed by atoms with Crippen molar-refractivity contribution in [2.45, 2.75) is 35.4 Å². The van der Waals surface area contributed by atoms with Gasteiger partial charge in [-0.15, -0.1) is 0 Å². The predicted molar refractivity (Wildman–Crippen MR) is 140 cm³/mol. The molecule has 0 bridgehead atoms. The van der Waals surface area contributed by atoms with E-state index in [4.69, 9.17) is 5.73 Å². The van der Waals surface area contributed by atoms with Crippen LogP contribution in [-0.2, 0) is 19.6 Å². The molecule has 37 heavy (non-hydrogen) atoms. The van der Waals surface area contributed by atoms with Crippen LogP contribution in [0.2, 0.25) is 0 Å². The number of rotatable bonds is 8. The summed E-state index contributed by atoms with van der Waals surface area (Å²) in [5, 5.41) is 21.9. The molecule has 0 spiro atoms. The molecular formula is C25H22N6O4S2. The van der Waals surface area contributed by atoms with Crippen LogP contribution >= 0.6 is 11.8 Å². The van der Waals surface area contributed by atoms with Crippen LogP contribution in [0.25, 0.3) is 11.1 Å². The number of nitrogens with zero attached hydrogens (tertiary/aromatic N) is 3. The van der Waals surface area contributed by atoms with E-state index in [1.807, 2.05) is 10.8 Å². The first-order valence-electron chi connectivity index (χ1n) is 10.9. The lowest BCUT2D eigenvalue weighted by atomic mass is 9.97. The van der Waals surface area contributed by atoms with Crippen LogP contribution in [0.15, 0.2) is 64.5 Å². The van der Waals surface area contributed by atoms with Crippen LogP contribution in [0.4, 0.5) is 11.5 Å². The summed E-state index contributed by atoms with van der Waals surface area (Å²) in [6.45, 7) is 2.88. The second-order valence-electron chi connectivity index (χ2n) is 7.71. The molecule has 4 N–H and O–H groups in total. The molecule has 1 aromatic heterocycles. The minimum Gasteiger partial charge on any atom is -0.383 e. The second-order valence-corrected chi connectivity index (χ2v) is 10.6. The normalized spacial score (nSPS) is 11.6. The fraction of sp³-hybridized carbons (Fsp3) is 0.160. The third-order valence-corrected chi connectivity index (χ3v) is 7.90. The zero-order valence-electron chi connectivity index (χ0n) is 19.8. The van der Waals surface area contributed by atoms with Crippen molar-refractivity contribution in [2.24, 2.45) is 0 Å². The Labute approximate surface area is 218 Å². The van der Waals surface area contributed by atoms with E-state index in [0.717, 1.165) is 18.7 Å². The molecule has 1 atom stereocenters. The maximum absolute atomic E-state index is 13.0. The first-order valence-corrected chi connectivity index (χ1v) is 13.3. The van der Waals surface area contributed by atoms with Crippen molar-refractivity contribution in [1.82, 2.24) is 9.71 Å². The molecule has 0 saturated heterocycles. The Kier molecular flexibility index (Phi) is 8.50. The van der Waals surface area contributed by atoms with Crippen molar-refractivity contribution >= 4 is 45.1 Å². The summed E-state index contributed by atoms with van der Waals surface area (Å²) in [5.74, 6) is -1.17. The van der Waals surface area contributed by atoms with Gasteiger partial charge in [0, 0.05) is 18.2 Å². The number of nitrogens with one attached hydrogen (secondary N) is 2. The van der Waals surface area contributed by atoms with Gasteiger partial charge in [0.05, 0.1) is 15.7 Å². The first kappa shape index (κ1) is 27.2. The van der Waals surface area contributed by atoms with Crippen LogP contribution in [0.1, 0.15) is 31.4 Å². The highest BCUT2D eigenvalue weighted by molar-refractivity contribution is 8.00. The van der Waals surface area contributed by atoms with E-state index in [1.54, 1.807) is 37.3 Å². The fourth-order valence-electron chi connectivity index (χ4n) is 3.42. The summed E-state index contributed by atoms with van der Waals surface area (Å²) in [5.41, 5.74) is 7.59. The maximum Gasteiger partial charge on any atom is 0.264 e. The number of amides is 2. The van der Waals surface area contributed by atoms with Gasteiger partial charge in [-0.3, -0.25) is 9.59 Å². The smallest absolute Gasteiger partial charge is 0.264 e. The monoisotopic (exact) mass is 534 g/mol. The van der Waals surface area contributed by atoms with Crippen molar-refractivity contribution in [3.8, 4) is 23.3 Å². The lowest BCUT2D eigenvalue weighted by Crippen LogP contribution is -2.28. The number of hydrogen-bond acceptors (Lipinski definition) is 9. The van der Waals surface area contributed by atoms with Gasteiger partial charge >= 0.3 is 0 Å². The number of thioether (sulfide) groups is 1. The molecule has 2 amide bonds. The van der Waals surface area contributed by atoms with Gasteiger partial charge in [0.25, 0.3) is 10.0 Å². The molecule has 1 unspecified atom stereocenters. The molecule has 0 radical (unpaired) electrons. The minimum absolute atomic E-state index is 0.0471. The Bertz CT molecular complexity index is 1530. The molecule has 3 rings (SSSR count). The van der Waals surface area contributed by atoms with Crippen LogP contribution in [0, 0.1) is 22.7 Å². The van der Waals surface area contributed by atoms with E-state index in [-0.39, 0.29) is 26.9 Å². The standard InChI is InChI=1S/C25H22N6O4S2/c1-3-21(24(33)29-17-9-11-18(12-10-17)37(34,35)31-15(2)32)36-25-20(14-27)22(16-7-5-4-6-8-16)19(13-26)23(28)30-25/h4-12,21H,3H2,1-2H3,(H2,28,30)(H,29,33)(H,31,32). The van der Waals surface area contributed by atoms with Crippen molar-refractivity contribution in [2.75, 3.05) is 11.1 Å². The molecule has 0 aliphatic rings. The zero-order valence-corrected chi connectivity index (χ0v) is 21.5. The Hall–Kier alpha value is -4.39. The molecule has 0 fully saturated rings. The summed E-state index contributed by atoms with van der Waals surface area (Å²) >= 11 is 1.05. The van der Waals surface area contributed by atoms with E-state index >= 15 is 0 Å². The number of aromatic nitrogens is 1. The molecule has 2 aromatic carbocycles. The van der Waals surface area contributed by atoms with Gasteiger partial charge in [0.15, 0.2) is 0 Å². The molecule has 12 heteroatoms. The Morgan fingerprint density at radius 3 is 2.22 bits per heavy atom. The largest absolute Gasteiger partial charge is 0.383 e. The number of sulfonamides is 1. The van der Waals surface area contributed by atoms with E-state index in [1.165, 1.54) is 24.3 Å². The molecule has 3 aromatic rings. The van der Waals surface area contributed by atoms with Crippen molar-refractivity contribution in [3.05, 3.63) is 65.7 Å². The Morgan fingerprint density at radius 2 is 1.68 bits per heavy atom. The number of nitriles is 2. The van der Waals surface area contributed by atoms with E-state index in [2.05, 4.69) is 16.4 Å². The van der Waals surface area contributed by atoms with Crippen LogP contribution in [0.5, 0.6) is 0 Å². The average molecular weight is 535 g/mol. The van der Waals surface area contributed by atoms with E-state index < -0.39 is 27.1 Å². The number of carbonyl (C=O) groups is 2. The number of nitrogen functional groups attached to an aromatic ring is 1. The molecule has 0 aliphatic carbocycles. The van der Waals surface area contributed by atoms with Crippen molar-refractivity contribution in [1.29, 1.82) is 10.5 Å². The van der Waals surface area contributed by atoms with E-state index in [9.17, 15) is 28.5 Å². The van der Waals surface area contributed by atoms with Gasteiger partial charge in [-0.25, -0.2) is 18.1 Å². The molecule has 188 valence electrons. The quantitative estimate of drug-likeness (QED) is 0.365. The molecular weight excluding hydrogens is 512 g/mol. The highest BCUT2D eigenvalue weighted by Crippen LogP contribution is 2.37. The summed E-state index contributed by atoms with van der Waals surface area (Å²) < 4.78 is 26.1. The number of benzene rings is 2. The number of nitrogens with two attached hydrogens (primary N) is 1. The summed E-state index contributed by atoms with van der Waals surface area (Å²) in [7, 11) is -4.00. The summed E-state index contributed by atoms with van der Waals surface area (Å²) in [6.07, 6.45) is 0.374. The van der Waals surface area contributed by atoms with Gasteiger partial charge in [0.2, 0.25) is 11.8 Å². The Balaban J connectivity index is 1.89. The molecule has 0 aliphatic heterocycles. The Morgan fingerprint density at radius 1 is 1.05 bits per heavy atom. The minimum atomic E-state index is -4.00. The molecule has 10 nitrogen and oxygen atoms in total. The predicted octanol–water partition coefficient (Wildman–Crippen LogP) is 3.41. The molecule has 1 heterocycles. The highest BCUT2D eigenvalue weighted by Gasteiger charge is 2.25. The van der Waals surface area contributed by atoms with Crippen LogP contribution < -0.4 is 15.8 Å². The summed E-state index contributed by atoms with van der Waals surface area (Å²) in [6, 6.07) is 18.3. The number of pyridine rings is 1. The SMILES string of the molecule is CCC(Sc1nc(N)c(C#N)c(-c2ccccc2)c1C#N)C(=O)Nc1ccc(S(=O)(=O)NC(C)=O)cc1. The van der Waals surface area contributed by atoms with Gasteiger partial charge in [-0.2, -0.15) is 10.5 Å². The topological polar surface area (TPSA) is 179 Å². The summed E-state index contributed by atoms with van der Waals surface area (Å²) in [4.78, 5) is 28.3. The average Bonchev–Trinajstić information content (AvgIpc) is 2.86. The van der Waals surface area contributed by atoms with Gasteiger partial charge in [0.1, 0.15) is 28.5 Å². The van der Waals surface area contributed by atoms with Crippen molar-refractivity contribution in [3.63, 3.8) is 0 Å². The van der Waals surface area contributed by atoms with Gasteiger partial charge in [-0.1, -0.05) is 49.0 Å². The fourth-order valence-corrected chi connectivity index (χ4v) is 5.43. The van der Waals surface area contributed by atoms with E-state index in [0.29, 0.717) is 23.2 Å². The third-order valence-electron chi connectivity index (χ3n) is 5.11. The number of carbonyl (C=O) groups excluding carboxylic acids is 2. The molecule has 0 saturated carbocycles. The number of hydrogen-bond donors (Lipinski definition) is 3. The third kappa shape index (κ3) is 6.25. The van der Waals surface area contributed by atoms with Gasteiger partial charge in [-0.05, 0) is 36.2 Å². The van der Waals surface area contributed by atoms with Crippen molar-refractivity contribution < 1.29 is 18.0 Å².